The van der Waals surface area contributed by atoms with Crippen LogP contribution in [0.2, 0.25) is 0 Å². The third kappa shape index (κ3) is 5.59. The van der Waals surface area contributed by atoms with Crippen LogP contribution in [0.25, 0.3) is 0 Å². The number of carbonyl (C=O) groups is 1. The molecule has 1 heterocycles. The quantitative estimate of drug-likeness (QED) is 0.593. The Balaban J connectivity index is 1.53. The molecule has 1 N–H and O–H groups in total. The standard InChI is InChI=1S/C20H21N3O3S/c1-3-25-16-8-4-14(5-9-16)12-18(24)21-20-23-22-19(26-20)13-15-6-10-17(27-2)11-7-15/h4-11H,3,12-13H2,1-2H3,(H,21,23,24). The first-order chi connectivity index (χ1) is 13.2. The van der Waals surface area contributed by atoms with Gasteiger partial charge >= 0.3 is 6.01 Å². The van der Waals surface area contributed by atoms with Gasteiger partial charge in [0, 0.05) is 4.90 Å². The number of anilines is 1. The number of aromatic nitrogens is 2. The molecule has 140 valence electrons. The highest BCUT2D eigenvalue weighted by atomic mass is 32.2. The number of nitrogens with one attached hydrogen (secondary N) is 1. The molecule has 0 aliphatic carbocycles. The zero-order valence-corrected chi connectivity index (χ0v) is 16.1. The summed E-state index contributed by atoms with van der Waals surface area (Å²) in [5, 5.41) is 10.5. The molecule has 0 unspecified atom stereocenters. The summed E-state index contributed by atoms with van der Waals surface area (Å²) in [6, 6.07) is 15.7. The monoisotopic (exact) mass is 383 g/mol. The predicted molar refractivity (Wildman–Crippen MR) is 105 cm³/mol. The number of amides is 1. The van der Waals surface area contributed by atoms with Gasteiger partial charge in [-0.05, 0) is 48.6 Å². The first-order valence-electron chi connectivity index (χ1n) is 8.63. The lowest BCUT2D eigenvalue weighted by Crippen LogP contribution is -2.14. The van der Waals surface area contributed by atoms with Crippen LogP contribution in [-0.4, -0.2) is 29.0 Å². The van der Waals surface area contributed by atoms with Crippen LogP contribution >= 0.6 is 11.8 Å². The van der Waals surface area contributed by atoms with Crippen molar-refractivity contribution in [2.75, 3.05) is 18.2 Å². The molecule has 2 aromatic carbocycles. The molecule has 7 heteroatoms. The Bertz CT molecular complexity index is 876. The molecule has 6 nitrogen and oxygen atoms in total. The lowest BCUT2D eigenvalue weighted by atomic mass is 10.1. The van der Waals surface area contributed by atoms with Gasteiger partial charge in [-0.15, -0.1) is 16.9 Å². The molecule has 1 aromatic heterocycles. The lowest BCUT2D eigenvalue weighted by Gasteiger charge is -2.04. The van der Waals surface area contributed by atoms with Crippen LogP contribution < -0.4 is 10.1 Å². The zero-order chi connectivity index (χ0) is 19.1. The molecule has 0 aliphatic rings. The van der Waals surface area contributed by atoms with Gasteiger partial charge in [-0.1, -0.05) is 29.4 Å². The van der Waals surface area contributed by atoms with Crippen molar-refractivity contribution in [2.45, 2.75) is 24.7 Å². The molecular weight excluding hydrogens is 362 g/mol. The molecule has 0 spiro atoms. The maximum absolute atomic E-state index is 12.2. The average molecular weight is 383 g/mol. The number of carbonyl (C=O) groups excluding carboxylic acids is 1. The van der Waals surface area contributed by atoms with Gasteiger partial charge in [-0.2, -0.15) is 0 Å². The largest absolute Gasteiger partial charge is 0.494 e. The van der Waals surface area contributed by atoms with Gasteiger partial charge in [0.1, 0.15) is 5.75 Å². The highest BCUT2D eigenvalue weighted by Gasteiger charge is 2.11. The van der Waals surface area contributed by atoms with E-state index in [-0.39, 0.29) is 18.3 Å². The van der Waals surface area contributed by atoms with Crippen molar-refractivity contribution in [3.05, 3.63) is 65.5 Å². The minimum Gasteiger partial charge on any atom is -0.494 e. The van der Waals surface area contributed by atoms with Gasteiger partial charge in [0.25, 0.3) is 0 Å². The average Bonchev–Trinajstić information content (AvgIpc) is 3.11. The maximum atomic E-state index is 12.2. The molecule has 0 radical (unpaired) electrons. The molecule has 3 aromatic rings. The normalized spacial score (nSPS) is 10.6. The minimum absolute atomic E-state index is 0.113. The van der Waals surface area contributed by atoms with Crippen molar-refractivity contribution in [1.82, 2.24) is 10.2 Å². The fourth-order valence-electron chi connectivity index (χ4n) is 2.51. The van der Waals surface area contributed by atoms with Gasteiger partial charge < -0.3 is 9.15 Å². The van der Waals surface area contributed by atoms with E-state index in [4.69, 9.17) is 9.15 Å². The van der Waals surface area contributed by atoms with E-state index in [0.717, 1.165) is 16.9 Å². The Kier molecular flexibility index (Phi) is 6.49. The fraction of sp³-hybridized carbons (Fsp3) is 0.250. The highest BCUT2D eigenvalue weighted by molar-refractivity contribution is 7.98. The molecule has 27 heavy (non-hydrogen) atoms. The third-order valence-corrected chi connectivity index (χ3v) is 4.57. The molecular formula is C20H21N3O3S. The predicted octanol–water partition coefficient (Wildman–Crippen LogP) is 3.96. The second-order valence-electron chi connectivity index (χ2n) is 5.83. The number of nitrogens with zero attached hydrogens (tertiary/aromatic N) is 2. The summed E-state index contributed by atoms with van der Waals surface area (Å²) in [4.78, 5) is 13.4. The van der Waals surface area contributed by atoms with Crippen molar-refractivity contribution in [3.8, 4) is 5.75 Å². The number of hydrogen-bond acceptors (Lipinski definition) is 6. The Morgan fingerprint density at radius 1 is 1.07 bits per heavy atom. The number of benzene rings is 2. The summed E-state index contributed by atoms with van der Waals surface area (Å²) >= 11 is 1.69. The second-order valence-corrected chi connectivity index (χ2v) is 6.71. The first-order valence-corrected chi connectivity index (χ1v) is 9.85. The number of thioether (sulfide) groups is 1. The topological polar surface area (TPSA) is 77.2 Å². The Labute approximate surface area is 162 Å². The Morgan fingerprint density at radius 3 is 2.44 bits per heavy atom. The first kappa shape index (κ1) is 19.0. The van der Waals surface area contributed by atoms with Gasteiger partial charge in [0.15, 0.2) is 0 Å². The Morgan fingerprint density at radius 2 is 1.78 bits per heavy atom. The van der Waals surface area contributed by atoms with Crippen LogP contribution in [0.1, 0.15) is 23.9 Å². The fourth-order valence-corrected chi connectivity index (χ4v) is 2.92. The number of ether oxygens (including phenoxy) is 1. The van der Waals surface area contributed by atoms with Crippen LogP contribution in [0.5, 0.6) is 5.75 Å². The van der Waals surface area contributed by atoms with Crippen molar-refractivity contribution in [1.29, 1.82) is 0 Å². The summed E-state index contributed by atoms with van der Waals surface area (Å²) < 4.78 is 10.9. The SMILES string of the molecule is CCOc1ccc(CC(=O)Nc2nnc(Cc3ccc(SC)cc3)o2)cc1. The van der Waals surface area contributed by atoms with E-state index in [9.17, 15) is 4.79 Å². The third-order valence-electron chi connectivity index (χ3n) is 3.83. The molecule has 0 saturated heterocycles. The van der Waals surface area contributed by atoms with Crippen molar-refractivity contribution in [2.24, 2.45) is 0 Å². The van der Waals surface area contributed by atoms with E-state index in [1.807, 2.05) is 49.6 Å². The van der Waals surface area contributed by atoms with E-state index in [2.05, 4.69) is 27.6 Å². The highest BCUT2D eigenvalue weighted by Crippen LogP contribution is 2.18. The van der Waals surface area contributed by atoms with Gasteiger partial charge in [0.05, 0.1) is 19.4 Å². The van der Waals surface area contributed by atoms with Gasteiger partial charge in [-0.3, -0.25) is 10.1 Å². The number of hydrogen-bond donors (Lipinski definition) is 1. The minimum atomic E-state index is -0.210. The summed E-state index contributed by atoms with van der Waals surface area (Å²) in [5.74, 6) is 1.04. The molecule has 3 rings (SSSR count). The summed E-state index contributed by atoms with van der Waals surface area (Å²) in [6.45, 7) is 2.54. The lowest BCUT2D eigenvalue weighted by molar-refractivity contribution is -0.115. The van der Waals surface area contributed by atoms with Gasteiger partial charge in [0.2, 0.25) is 11.8 Å². The van der Waals surface area contributed by atoms with Crippen molar-refractivity contribution >= 4 is 23.7 Å². The summed E-state index contributed by atoms with van der Waals surface area (Å²) in [6.07, 6.45) is 2.78. The Hall–Kier alpha value is -2.80. The zero-order valence-electron chi connectivity index (χ0n) is 15.3. The molecule has 0 atom stereocenters. The molecule has 0 saturated carbocycles. The van der Waals surface area contributed by atoms with E-state index in [0.29, 0.717) is 18.9 Å². The van der Waals surface area contributed by atoms with Crippen LogP contribution in [0.4, 0.5) is 6.01 Å². The summed E-state index contributed by atoms with van der Waals surface area (Å²) in [7, 11) is 0. The van der Waals surface area contributed by atoms with Crippen LogP contribution in [0.15, 0.2) is 57.8 Å². The molecule has 0 aliphatic heterocycles. The molecule has 0 fully saturated rings. The van der Waals surface area contributed by atoms with E-state index < -0.39 is 0 Å². The number of rotatable bonds is 8. The van der Waals surface area contributed by atoms with Crippen molar-refractivity contribution in [3.63, 3.8) is 0 Å². The van der Waals surface area contributed by atoms with Crippen LogP contribution in [0.3, 0.4) is 0 Å². The van der Waals surface area contributed by atoms with Crippen LogP contribution in [0, 0.1) is 0 Å². The van der Waals surface area contributed by atoms with E-state index >= 15 is 0 Å². The van der Waals surface area contributed by atoms with Crippen molar-refractivity contribution < 1.29 is 13.9 Å². The molecule has 1 amide bonds. The molecule has 0 bridgehead atoms. The maximum Gasteiger partial charge on any atom is 0.322 e. The van der Waals surface area contributed by atoms with E-state index in [1.165, 1.54) is 4.90 Å². The van der Waals surface area contributed by atoms with Gasteiger partial charge in [-0.25, -0.2) is 0 Å². The smallest absolute Gasteiger partial charge is 0.322 e. The van der Waals surface area contributed by atoms with Crippen LogP contribution in [-0.2, 0) is 17.6 Å². The summed E-state index contributed by atoms with van der Waals surface area (Å²) in [5.41, 5.74) is 1.95. The second kappa shape index (κ2) is 9.23. The van der Waals surface area contributed by atoms with E-state index in [1.54, 1.807) is 11.8 Å².